The van der Waals surface area contributed by atoms with Crippen LogP contribution in [0.3, 0.4) is 0 Å². The number of halogens is 3. The number of para-hydroxylation sites is 2. The number of allylic oxidation sites excluding steroid dienone is 1. The number of alkyl halides is 3. The summed E-state index contributed by atoms with van der Waals surface area (Å²) in [5.41, 5.74) is 12.5. The van der Waals surface area contributed by atoms with E-state index in [2.05, 4.69) is 200 Å². The maximum absolute atomic E-state index is 13.6. The first kappa shape index (κ1) is 39.5. The van der Waals surface area contributed by atoms with Crippen molar-refractivity contribution in [1.29, 1.82) is 0 Å². The van der Waals surface area contributed by atoms with E-state index < -0.39 is 11.7 Å². The van der Waals surface area contributed by atoms with Crippen molar-refractivity contribution in [2.75, 3.05) is 9.80 Å². The lowest BCUT2D eigenvalue weighted by Crippen LogP contribution is -2.50. The largest absolute Gasteiger partial charge is 0.416 e. The van der Waals surface area contributed by atoms with Crippen molar-refractivity contribution in [2.45, 2.75) is 37.9 Å². The summed E-state index contributed by atoms with van der Waals surface area (Å²) in [6, 6.07) is 70.6. The van der Waals surface area contributed by atoms with Gasteiger partial charge in [-0.05, 0) is 146 Å². The van der Waals surface area contributed by atoms with Gasteiger partial charge in [-0.1, -0.05) is 153 Å². The van der Waals surface area contributed by atoms with Crippen LogP contribution in [0.4, 0.5) is 41.6 Å². The van der Waals surface area contributed by atoms with Crippen LogP contribution in [0.5, 0.6) is 0 Å². The van der Waals surface area contributed by atoms with Crippen molar-refractivity contribution in [3.05, 3.63) is 229 Å². The van der Waals surface area contributed by atoms with Gasteiger partial charge in [-0.25, -0.2) is 0 Å². The lowest BCUT2D eigenvalue weighted by molar-refractivity contribution is -0.137. The van der Waals surface area contributed by atoms with E-state index in [1.165, 1.54) is 67.1 Å². The van der Waals surface area contributed by atoms with Crippen LogP contribution < -0.4 is 9.80 Å². The lowest BCUT2D eigenvalue weighted by atomic mass is 9.67. The minimum Gasteiger partial charge on any atom is -0.334 e. The highest BCUT2D eigenvalue weighted by atomic mass is 19.4. The van der Waals surface area contributed by atoms with Crippen molar-refractivity contribution >= 4 is 55.6 Å². The third-order valence-corrected chi connectivity index (χ3v) is 13.9. The third-order valence-electron chi connectivity index (χ3n) is 13.9. The van der Waals surface area contributed by atoms with E-state index in [1.807, 2.05) is 12.1 Å². The maximum Gasteiger partial charge on any atom is 0.416 e. The number of fused-ring (bicyclic) bond motifs is 5. The Morgan fingerprint density at radius 2 is 0.953 bits per heavy atom. The molecule has 64 heavy (non-hydrogen) atoms. The molecular formula is C59H45F3N2. The van der Waals surface area contributed by atoms with Gasteiger partial charge in [0.05, 0.1) is 11.1 Å². The van der Waals surface area contributed by atoms with Crippen molar-refractivity contribution in [3.8, 4) is 22.3 Å². The van der Waals surface area contributed by atoms with E-state index in [1.54, 1.807) is 12.1 Å². The number of rotatable bonds is 7. The second-order valence-corrected chi connectivity index (χ2v) is 17.4. The quantitative estimate of drug-likeness (QED) is 0.148. The van der Waals surface area contributed by atoms with Crippen LogP contribution in [-0.4, -0.2) is 5.54 Å². The fourth-order valence-corrected chi connectivity index (χ4v) is 10.7. The van der Waals surface area contributed by atoms with Crippen molar-refractivity contribution in [2.24, 2.45) is 5.92 Å². The molecule has 0 bridgehead atoms. The summed E-state index contributed by atoms with van der Waals surface area (Å²) >= 11 is 0. The molecule has 0 saturated heterocycles. The van der Waals surface area contributed by atoms with E-state index in [-0.39, 0.29) is 17.4 Å². The number of hydrogen-bond acceptors (Lipinski definition) is 2. The van der Waals surface area contributed by atoms with Gasteiger partial charge in [0.25, 0.3) is 0 Å². The van der Waals surface area contributed by atoms with Crippen LogP contribution in [0, 0.1) is 5.92 Å². The molecule has 0 spiro atoms. The molecule has 0 fully saturated rings. The highest BCUT2D eigenvalue weighted by Crippen LogP contribution is 2.59. The SMILES string of the molecule is CC1CC(c2ccc(N(c3ccccc3)c3ccc(-c4c5ccccc5c(-c5ccccc5)c5ccccc45)cc3)cc2)=CC2c3ccccc3N(c3ccc(C(F)(F)F)cc3)C12C. The molecule has 5 heteroatoms. The first-order valence-corrected chi connectivity index (χ1v) is 22.0. The zero-order valence-corrected chi connectivity index (χ0v) is 35.6. The Morgan fingerprint density at radius 3 is 1.50 bits per heavy atom. The maximum atomic E-state index is 13.6. The van der Waals surface area contributed by atoms with E-state index >= 15 is 0 Å². The monoisotopic (exact) mass is 838 g/mol. The summed E-state index contributed by atoms with van der Waals surface area (Å²) in [4.78, 5) is 4.59. The minimum absolute atomic E-state index is 0.0486. The van der Waals surface area contributed by atoms with Crippen LogP contribution in [0.15, 0.2) is 212 Å². The Balaban J connectivity index is 0.948. The highest BCUT2D eigenvalue weighted by Gasteiger charge is 2.53. The van der Waals surface area contributed by atoms with Gasteiger partial charge in [0, 0.05) is 34.4 Å². The van der Waals surface area contributed by atoms with Gasteiger partial charge in [0.2, 0.25) is 0 Å². The molecule has 11 rings (SSSR count). The standard InChI is InChI=1S/C59H45F3N2/c1-39-37-43(38-54-53-23-13-14-24-55(53)64(58(39,54)2)48-35-29-44(30-36-48)59(60,61)62)40-25-31-46(32-26-40)63(45-17-7-4-8-18-45)47-33-27-42(28-34-47)57-51-21-11-9-19-49(51)56(41-15-5-3-6-16-41)50-20-10-12-22-52(50)57/h3-36,38-39,54H,37H2,1-2H3. The van der Waals surface area contributed by atoms with Crippen LogP contribution in [0.25, 0.3) is 49.4 Å². The van der Waals surface area contributed by atoms with Crippen molar-refractivity contribution in [1.82, 2.24) is 0 Å². The molecule has 3 atom stereocenters. The molecule has 0 radical (unpaired) electrons. The average molecular weight is 839 g/mol. The molecule has 312 valence electrons. The van der Waals surface area contributed by atoms with Crippen LogP contribution in [-0.2, 0) is 6.18 Å². The minimum atomic E-state index is -4.38. The first-order chi connectivity index (χ1) is 31.2. The molecule has 1 aliphatic carbocycles. The topological polar surface area (TPSA) is 6.48 Å². The number of anilines is 5. The molecule has 1 aliphatic heterocycles. The average Bonchev–Trinajstić information content (AvgIpc) is 3.60. The smallest absolute Gasteiger partial charge is 0.334 e. The molecule has 9 aromatic carbocycles. The Labute approximate surface area is 372 Å². The molecule has 9 aromatic rings. The van der Waals surface area contributed by atoms with Gasteiger partial charge in [0.1, 0.15) is 0 Å². The van der Waals surface area contributed by atoms with E-state index in [0.29, 0.717) is 0 Å². The molecule has 0 N–H and O–H groups in total. The van der Waals surface area contributed by atoms with E-state index in [0.717, 1.165) is 40.4 Å². The van der Waals surface area contributed by atoms with Crippen molar-refractivity contribution in [3.63, 3.8) is 0 Å². The first-order valence-electron chi connectivity index (χ1n) is 22.0. The fourth-order valence-electron chi connectivity index (χ4n) is 10.7. The summed E-state index contributed by atoms with van der Waals surface area (Å²) < 4.78 is 40.7. The van der Waals surface area contributed by atoms with E-state index in [4.69, 9.17) is 0 Å². The number of nitrogens with zero attached hydrogens (tertiary/aromatic N) is 2. The zero-order valence-electron chi connectivity index (χ0n) is 35.6. The van der Waals surface area contributed by atoms with Gasteiger partial charge in [-0.3, -0.25) is 0 Å². The summed E-state index contributed by atoms with van der Waals surface area (Å²) in [6.45, 7) is 4.55. The lowest BCUT2D eigenvalue weighted by Gasteiger charge is -2.48. The van der Waals surface area contributed by atoms with Gasteiger partial charge in [0.15, 0.2) is 0 Å². The molecular weight excluding hydrogens is 794 g/mol. The second kappa shape index (κ2) is 15.5. The molecule has 0 saturated carbocycles. The number of hydrogen-bond donors (Lipinski definition) is 0. The summed E-state index contributed by atoms with van der Waals surface area (Å²) in [5.74, 6) is 0.238. The summed E-state index contributed by atoms with van der Waals surface area (Å²) in [7, 11) is 0. The molecule has 3 unspecified atom stereocenters. The second-order valence-electron chi connectivity index (χ2n) is 17.4. The van der Waals surface area contributed by atoms with Crippen molar-refractivity contribution < 1.29 is 13.2 Å². The molecule has 0 amide bonds. The predicted octanol–water partition coefficient (Wildman–Crippen LogP) is 16.9. The molecule has 2 nitrogen and oxygen atoms in total. The van der Waals surface area contributed by atoms with E-state index in [9.17, 15) is 13.2 Å². The Morgan fingerprint density at radius 1 is 0.500 bits per heavy atom. The Hall–Kier alpha value is -7.37. The van der Waals surface area contributed by atoms with Gasteiger partial charge in [-0.2, -0.15) is 13.2 Å². The van der Waals surface area contributed by atoms with Crippen LogP contribution in [0.2, 0.25) is 0 Å². The highest BCUT2D eigenvalue weighted by molar-refractivity contribution is 6.21. The molecule has 2 aliphatic rings. The zero-order chi connectivity index (χ0) is 43.6. The summed E-state index contributed by atoms with van der Waals surface area (Å²) in [6.07, 6.45) is -1.15. The van der Waals surface area contributed by atoms with Crippen LogP contribution >= 0.6 is 0 Å². The summed E-state index contributed by atoms with van der Waals surface area (Å²) in [5, 5.41) is 4.92. The third kappa shape index (κ3) is 6.49. The molecule has 1 heterocycles. The Bertz CT molecular complexity index is 3140. The normalized spacial score (nSPS) is 18.1. The fraction of sp³-hybridized carbons (Fsp3) is 0.119. The van der Waals surface area contributed by atoms with Gasteiger partial charge in [-0.15, -0.1) is 0 Å². The predicted molar refractivity (Wildman–Crippen MR) is 260 cm³/mol. The molecule has 0 aromatic heterocycles. The van der Waals surface area contributed by atoms with Crippen LogP contribution in [0.1, 0.15) is 42.9 Å². The Kier molecular flexibility index (Phi) is 9.54. The van der Waals surface area contributed by atoms with Gasteiger partial charge >= 0.3 is 6.18 Å². The van der Waals surface area contributed by atoms with Gasteiger partial charge < -0.3 is 9.80 Å². The number of benzene rings is 9.